The summed E-state index contributed by atoms with van der Waals surface area (Å²) in [6.07, 6.45) is 1.19. The summed E-state index contributed by atoms with van der Waals surface area (Å²) in [7, 11) is 6.30. The molecule has 1 unspecified atom stereocenters. The Hall–Kier alpha value is -1.56. The first kappa shape index (κ1) is 29.7. The van der Waals surface area contributed by atoms with Crippen LogP contribution in [0, 0.1) is 13.8 Å². The minimum absolute atomic E-state index is 0.112. The molecule has 0 bridgehead atoms. The van der Waals surface area contributed by atoms with Gasteiger partial charge in [-0.25, -0.2) is 8.51 Å². The standard InChI is InChI=1S/C13H19NO3S.C12H25N3O2/c1-10-8-12(16-3)9-11(2)13(10)18(15)14-4-6-17-7-5-14;1-13(2)5-4-6-14-7-9-15(10-8-14)12(16)11-17-3/h8-9H,4-7H2,1-3H3;4-11H2,1-3H3. The lowest BCUT2D eigenvalue weighted by Gasteiger charge is -2.34. The van der Waals surface area contributed by atoms with E-state index in [9.17, 15) is 9.00 Å². The summed E-state index contributed by atoms with van der Waals surface area (Å²) >= 11 is 0. The quantitative estimate of drug-likeness (QED) is 0.495. The number of rotatable bonds is 9. The molecule has 2 fully saturated rings. The molecular weight excluding hydrogens is 468 g/mol. The Kier molecular flexibility index (Phi) is 13.2. The third-order valence-electron chi connectivity index (χ3n) is 6.12. The topological polar surface area (TPSA) is 74.8 Å². The second-order valence-corrected chi connectivity index (χ2v) is 10.6. The Morgan fingerprint density at radius 3 is 2.14 bits per heavy atom. The van der Waals surface area contributed by atoms with Crippen molar-refractivity contribution < 1.29 is 23.2 Å². The van der Waals surface area contributed by atoms with Gasteiger partial charge in [0.05, 0.1) is 25.2 Å². The van der Waals surface area contributed by atoms with Gasteiger partial charge in [0.1, 0.15) is 23.3 Å². The lowest BCUT2D eigenvalue weighted by Crippen LogP contribution is -2.49. The van der Waals surface area contributed by atoms with Crippen LogP contribution in [-0.2, 0) is 25.3 Å². The lowest BCUT2D eigenvalue weighted by atomic mass is 10.1. The minimum atomic E-state index is -1.11. The fourth-order valence-corrected chi connectivity index (χ4v) is 5.60. The highest BCUT2D eigenvalue weighted by atomic mass is 32.2. The van der Waals surface area contributed by atoms with E-state index in [4.69, 9.17) is 14.2 Å². The number of carbonyl (C=O) groups is 1. The number of nitrogens with zero attached hydrogens (tertiary/aromatic N) is 4. The average Bonchev–Trinajstić information content (AvgIpc) is 2.84. The fraction of sp³-hybridized carbons (Fsp3) is 0.720. The van der Waals surface area contributed by atoms with Crippen LogP contribution in [-0.4, -0.2) is 130 Å². The van der Waals surface area contributed by atoms with Crippen LogP contribution < -0.4 is 4.74 Å². The van der Waals surface area contributed by atoms with Gasteiger partial charge in [-0.15, -0.1) is 0 Å². The van der Waals surface area contributed by atoms with Crippen molar-refractivity contribution in [2.45, 2.75) is 25.2 Å². The number of methoxy groups -OCH3 is 2. The van der Waals surface area contributed by atoms with Gasteiger partial charge in [-0.05, 0) is 70.7 Å². The number of ether oxygens (including phenoxy) is 3. The van der Waals surface area contributed by atoms with E-state index >= 15 is 0 Å². The van der Waals surface area contributed by atoms with Gasteiger partial charge in [-0.3, -0.25) is 9.69 Å². The molecule has 3 rings (SSSR count). The van der Waals surface area contributed by atoms with Gasteiger partial charge in [-0.2, -0.15) is 0 Å². The second-order valence-electron chi connectivity index (χ2n) is 9.19. The van der Waals surface area contributed by atoms with Gasteiger partial charge in [0.2, 0.25) is 5.91 Å². The summed E-state index contributed by atoms with van der Waals surface area (Å²) in [5.41, 5.74) is 2.02. The van der Waals surface area contributed by atoms with E-state index in [-0.39, 0.29) is 12.5 Å². The highest BCUT2D eigenvalue weighted by Gasteiger charge is 2.22. The molecule has 1 aromatic rings. The molecule has 2 aliphatic heterocycles. The van der Waals surface area contributed by atoms with E-state index in [1.165, 1.54) is 6.42 Å². The molecule has 1 atom stereocenters. The number of hydrogen-bond donors (Lipinski definition) is 0. The molecule has 0 N–H and O–H groups in total. The monoisotopic (exact) mass is 512 g/mol. The number of morpholine rings is 1. The van der Waals surface area contributed by atoms with Crippen LogP contribution in [0.1, 0.15) is 17.5 Å². The van der Waals surface area contributed by atoms with Crippen molar-refractivity contribution in [3.8, 4) is 5.75 Å². The predicted molar refractivity (Wildman–Crippen MR) is 139 cm³/mol. The molecule has 1 aromatic carbocycles. The molecule has 200 valence electrons. The summed E-state index contributed by atoms with van der Waals surface area (Å²) in [6, 6.07) is 3.86. The van der Waals surface area contributed by atoms with E-state index in [1.54, 1.807) is 14.2 Å². The van der Waals surface area contributed by atoms with Crippen LogP contribution >= 0.6 is 0 Å². The van der Waals surface area contributed by atoms with Gasteiger partial charge >= 0.3 is 0 Å². The minimum Gasteiger partial charge on any atom is -0.497 e. The Bertz CT molecular complexity index is 786. The molecule has 0 spiro atoms. The van der Waals surface area contributed by atoms with Gasteiger partial charge in [-0.1, -0.05) is 0 Å². The van der Waals surface area contributed by atoms with Gasteiger partial charge in [0.15, 0.2) is 0 Å². The lowest BCUT2D eigenvalue weighted by molar-refractivity contribution is -0.136. The van der Waals surface area contributed by atoms with Crippen LogP contribution in [0.25, 0.3) is 0 Å². The average molecular weight is 513 g/mol. The van der Waals surface area contributed by atoms with Crippen LogP contribution in [0.2, 0.25) is 0 Å². The third-order valence-corrected chi connectivity index (χ3v) is 7.95. The fourth-order valence-electron chi connectivity index (χ4n) is 4.19. The number of aryl methyl sites for hydroxylation is 2. The Morgan fingerprint density at radius 2 is 1.63 bits per heavy atom. The highest BCUT2D eigenvalue weighted by Crippen LogP contribution is 2.26. The number of benzene rings is 1. The molecule has 0 aromatic heterocycles. The molecule has 1 amide bonds. The summed E-state index contributed by atoms with van der Waals surface area (Å²) in [6.45, 7) is 12.8. The van der Waals surface area contributed by atoms with Crippen molar-refractivity contribution >= 4 is 16.9 Å². The van der Waals surface area contributed by atoms with Crippen molar-refractivity contribution in [2.75, 3.05) is 100 Å². The van der Waals surface area contributed by atoms with Crippen molar-refractivity contribution in [2.24, 2.45) is 0 Å². The molecule has 2 saturated heterocycles. The maximum absolute atomic E-state index is 12.6. The molecular formula is C25H44N4O5S. The summed E-state index contributed by atoms with van der Waals surface area (Å²) in [4.78, 5) is 19.0. The smallest absolute Gasteiger partial charge is 0.248 e. The number of amides is 1. The number of carbonyl (C=O) groups excluding carboxylic acids is 1. The molecule has 2 heterocycles. The largest absolute Gasteiger partial charge is 0.497 e. The Labute approximate surface area is 213 Å². The summed E-state index contributed by atoms with van der Waals surface area (Å²) < 4.78 is 29.9. The summed E-state index contributed by atoms with van der Waals surface area (Å²) in [5, 5.41) is 0. The van der Waals surface area contributed by atoms with Crippen molar-refractivity contribution in [1.82, 2.24) is 19.0 Å². The first-order valence-corrected chi connectivity index (χ1v) is 13.4. The van der Waals surface area contributed by atoms with Gasteiger partial charge < -0.3 is 24.0 Å². The van der Waals surface area contributed by atoms with Crippen LogP contribution in [0.5, 0.6) is 5.75 Å². The van der Waals surface area contributed by atoms with Crippen molar-refractivity contribution in [3.05, 3.63) is 23.3 Å². The van der Waals surface area contributed by atoms with E-state index in [1.807, 2.05) is 35.2 Å². The van der Waals surface area contributed by atoms with Crippen molar-refractivity contribution in [1.29, 1.82) is 0 Å². The van der Waals surface area contributed by atoms with E-state index in [0.717, 1.165) is 74.1 Å². The SMILES string of the molecule is COCC(=O)N1CCN(CCCN(C)C)CC1.COc1cc(C)c(S(=O)N2CCOCC2)c(C)c1. The maximum Gasteiger partial charge on any atom is 0.248 e. The molecule has 10 heteroatoms. The zero-order chi connectivity index (χ0) is 25.8. The predicted octanol–water partition coefficient (Wildman–Crippen LogP) is 1.40. The van der Waals surface area contributed by atoms with Crippen LogP contribution in [0.4, 0.5) is 0 Å². The summed E-state index contributed by atoms with van der Waals surface area (Å²) in [5.74, 6) is 0.924. The zero-order valence-corrected chi connectivity index (χ0v) is 23.2. The maximum atomic E-state index is 12.6. The highest BCUT2D eigenvalue weighted by molar-refractivity contribution is 7.82. The Balaban J connectivity index is 0.000000247. The van der Waals surface area contributed by atoms with E-state index < -0.39 is 11.0 Å². The Morgan fingerprint density at radius 1 is 1.03 bits per heavy atom. The molecule has 2 aliphatic rings. The molecule has 35 heavy (non-hydrogen) atoms. The second kappa shape index (κ2) is 15.5. The number of hydrogen-bond acceptors (Lipinski definition) is 7. The van der Waals surface area contributed by atoms with Crippen molar-refractivity contribution in [3.63, 3.8) is 0 Å². The normalized spacial score (nSPS) is 18.2. The first-order chi connectivity index (χ1) is 16.8. The van der Waals surface area contributed by atoms with Gasteiger partial charge in [0.25, 0.3) is 0 Å². The molecule has 0 radical (unpaired) electrons. The van der Waals surface area contributed by atoms with Crippen LogP contribution in [0.3, 0.4) is 0 Å². The number of piperazine rings is 1. The zero-order valence-electron chi connectivity index (χ0n) is 22.4. The first-order valence-electron chi connectivity index (χ1n) is 12.3. The third kappa shape index (κ3) is 9.78. The van der Waals surface area contributed by atoms with Gasteiger partial charge in [0, 0.05) is 46.4 Å². The molecule has 9 nitrogen and oxygen atoms in total. The van der Waals surface area contributed by atoms with Crippen LogP contribution in [0.15, 0.2) is 17.0 Å². The van der Waals surface area contributed by atoms with E-state index in [0.29, 0.717) is 13.2 Å². The molecule has 0 aliphatic carbocycles. The molecule has 0 saturated carbocycles. The van der Waals surface area contributed by atoms with E-state index in [2.05, 4.69) is 23.9 Å².